The van der Waals surface area contributed by atoms with E-state index in [1.807, 2.05) is 6.07 Å². The molecule has 0 aromatic heterocycles. The Labute approximate surface area is 136 Å². The van der Waals surface area contributed by atoms with Gasteiger partial charge in [0.15, 0.2) is 9.84 Å². The summed E-state index contributed by atoms with van der Waals surface area (Å²) in [5, 5.41) is 11.5. The van der Waals surface area contributed by atoms with Gasteiger partial charge in [-0.1, -0.05) is 30.3 Å². The third-order valence-corrected chi connectivity index (χ3v) is 5.95. The quantitative estimate of drug-likeness (QED) is 0.789. The minimum Gasteiger partial charge on any atom is -0.481 e. The maximum absolute atomic E-state index is 12.1. The molecule has 1 amide bonds. The lowest BCUT2D eigenvalue weighted by atomic mass is 10.0. The van der Waals surface area contributed by atoms with Crippen molar-refractivity contribution < 1.29 is 23.1 Å². The number of aliphatic carboxylic acids is 1. The highest BCUT2D eigenvalue weighted by Gasteiger charge is 2.31. The molecule has 7 heteroatoms. The molecule has 0 aliphatic carbocycles. The highest BCUT2D eigenvalue weighted by Crippen LogP contribution is 2.20. The third-order valence-electron chi connectivity index (χ3n) is 3.44. The molecule has 0 aliphatic rings. The van der Waals surface area contributed by atoms with Crippen LogP contribution in [-0.2, 0) is 19.4 Å². The van der Waals surface area contributed by atoms with Crippen LogP contribution in [-0.4, -0.2) is 35.9 Å². The number of carboxylic acids is 1. The minimum atomic E-state index is -3.58. The molecular weight excluding hydrogens is 318 g/mol. The summed E-state index contributed by atoms with van der Waals surface area (Å²) in [6.07, 6.45) is 0.0759. The first-order valence-electron chi connectivity index (χ1n) is 7.31. The molecule has 0 saturated heterocycles. The Morgan fingerprint density at radius 1 is 1.17 bits per heavy atom. The Hall–Kier alpha value is -1.89. The first-order chi connectivity index (χ1) is 10.5. The van der Waals surface area contributed by atoms with Crippen molar-refractivity contribution in [1.29, 1.82) is 0 Å². The zero-order valence-electron chi connectivity index (χ0n) is 13.6. The molecule has 1 atom stereocenters. The predicted molar refractivity (Wildman–Crippen MR) is 87.7 cm³/mol. The second-order valence-corrected chi connectivity index (χ2v) is 9.08. The number of carbonyl (C=O) groups excluding carboxylic acids is 1. The summed E-state index contributed by atoms with van der Waals surface area (Å²) < 4.78 is 23.2. The van der Waals surface area contributed by atoms with Crippen molar-refractivity contribution in [2.75, 3.05) is 5.75 Å². The first kappa shape index (κ1) is 19.2. The summed E-state index contributed by atoms with van der Waals surface area (Å²) >= 11 is 0. The molecule has 6 nitrogen and oxygen atoms in total. The first-order valence-corrected chi connectivity index (χ1v) is 8.96. The summed E-state index contributed by atoms with van der Waals surface area (Å²) in [6, 6.07) is 8.37. The number of sulfone groups is 1. The largest absolute Gasteiger partial charge is 0.481 e. The number of nitrogens with one attached hydrogen (secondary N) is 1. The zero-order chi connectivity index (χ0) is 17.7. The van der Waals surface area contributed by atoms with Crippen molar-refractivity contribution in [3.05, 3.63) is 35.9 Å². The van der Waals surface area contributed by atoms with E-state index in [-0.39, 0.29) is 12.8 Å². The van der Waals surface area contributed by atoms with Gasteiger partial charge in [-0.2, -0.15) is 0 Å². The molecule has 0 bridgehead atoms. The van der Waals surface area contributed by atoms with Crippen molar-refractivity contribution in [1.82, 2.24) is 5.32 Å². The van der Waals surface area contributed by atoms with E-state index in [1.165, 1.54) is 20.8 Å². The summed E-state index contributed by atoms with van der Waals surface area (Å²) in [5.74, 6) is -2.21. The van der Waals surface area contributed by atoms with Gasteiger partial charge >= 0.3 is 5.97 Å². The van der Waals surface area contributed by atoms with Crippen LogP contribution in [0.5, 0.6) is 0 Å². The number of carbonyl (C=O) groups is 2. The normalized spacial score (nSPS) is 13.3. The van der Waals surface area contributed by atoms with Gasteiger partial charge in [0.1, 0.15) is 5.75 Å². The van der Waals surface area contributed by atoms with Crippen LogP contribution in [0.2, 0.25) is 0 Å². The Balaban J connectivity index is 2.85. The van der Waals surface area contributed by atoms with Crippen LogP contribution in [0.1, 0.15) is 45.2 Å². The van der Waals surface area contributed by atoms with E-state index in [2.05, 4.69) is 5.32 Å². The van der Waals surface area contributed by atoms with Gasteiger partial charge in [0, 0.05) is 6.42 Å². The Bertz CT molecular complexity index is 647. The highest BCUT2D eigenvalue weighted by molar-refractivity contribution is 7.93. The monoisotopic (exact) mass is 341 g/mol. The van der Waals surface area contributed by atoms with Crippen molar-refractivity contribution in [3.63, 3.8) is 0 Å². The van der Waals surface area contributed by atoms with E-state index in [9.17, 15) is 18.0 Å². The topological polar surface area (TPSA) is 101 Å². The van der Waals surface area contributed by atoms with Crippen LogP contribution >= 0.6 is 0 Å². The van der Waals surface area contributed by atoms with Crippen molar-refractivity contribution in [2.45, 2.75) is 44.4 Å². The van der Waals surface area contributed by atoms with E-state index < -0.39 is 38.3 Å². The molecule has 128 valence electrons. The van der Waals surface area contributed by atoms with Gasteiger partial charge in [-0.3, -0.25) is 9.59 Å². The maximum atomic E-state index is 12.1. The van der Waals surface area contributed by atoms with E-state index in [0.717, 1.165) is 5.56 Å². The molecular formula is C16H23NO5S. The number of hydrogen-bond donors (Lipinski definition) is 2. The van der Waals surface area contributed by atoms with Crippen LogP contribution in [0.15, 0.2) is 30.3 Å². The lowest BCUT2D eigenvalue weighted by molar-refractivity contribution is -0.137. The Morgan fingerprint density at radius 2 is 1.74 bits per heavy atom. The smallest absolute Gasteiger partial charge is 0.303 e. The number of rotatable bonds is 7. The second-order valence-electron chi connectivity index (χ2n) is 6.33. The van der Waals surface area contributed by atoms with E-state index in [0.29, 0.717) is 0 Å². The van der Waals surface area contributed by atoms with Gasteiger partial charge in [-0.15, -0.1) is 0 Å². The zero-order valence-corrected chi connectivity index (χ0v) is 14.4. The number of hydrogen-bond acceptors (Lipinski definition) is 4. The standard InChI is InChI=1S/C16H23NO5S/c1-16(2,3)23(21,22)11-14(18)17-13(9-10-15(19)20)12-7-5-4-6-8-12/h4-8,13H,9-11H2,1-3H3,(H,17,18)(H,19,20). The van der Waals surface area contributed by atoms with Crippen LogP contribution in [0.4, 0.5) is 0 Å². The number of benzene rings is 1. The summed E-state index contributed by atoms with van der Waals surface area (Å²) in [6.45, 7) is 4.61. The van der Waals surface area contributed by atoms with Gasteiger partial charge < -0.3 is 10.4 Å². The van der Waals surface area contributed by atoms with Gasteiger partial charge in [-0.05, 0) is 32.8 Å². The van der Waals surface area contributed by atoms with Gasteiger partial charge in [0.25, 0.3) is 0 Å². The molecule has 23 heavy (non-hydrogen) atoms. The molecule has 0 heterocycles. The van der Waals surface area contributed by atoms with Crippen molar-refractivity contribution in [3.8, 4) is 0 Å². The third kappa shape index (κ3) is 6.02. The fourth-order valence-corrected chi connectivity index (χ4v) is 2.76. The number of amides is 1. The fourth-order valence-electron chi connectivity index (χ4n) is 1.90. The molecule has 0 radical (unpaired) electrons. The van der Waals surface area contributed by atoms with Crippen molar-refractivity contribution in [2.24, 2.45) is 0 Å². The molecule has 1 unspecified atom stereocenters. The molecule has 0 saturated carbocycles. The molecule has 1 rings (SSSR count). The predicted octanol–water partition coefficient (Wildman–Crippen LogP) is 1.92. The molecule has 2 N–H and O–H groups in total. The Kier molecular flexibility index (Phi) is 6.32. The van der Waals surface area contributed by atoms with E-state index >= 15 is 0 Å². The summed E-state index contributed by atoms with van der Waals surface area (Å²) in [4.78, 5) is 22.9. The average molecular weight is 341 g/mol. The molecule has 1 aromatic carbocycles. The molecule has 0 aliphatic heterocycles. The Morgan fingerprint density at radius 3 is 2.22 bits per heavy atom. The fraction of sp³-hybridized carbons (Fsp3) is 0.500. The lowest BCUT2D eigenvalue weighted by Crippen LogP contribution is -2.39. The maximum Gasteiger partial charge on any atom is 0.303 e. The van der Waals surface area contributed by atoms with Crippen LogP contribution in [0.3, 0.4) is 0 Å². The summed E-state index contributed by atoms with van der Waals surface area (Å²) in [7, 11) is -3.58. The van der Waals surface area contributed by atoms with Gasteiger partial charge in [-0.25, -0.2) is 8.42 Å². The van der Waals surface area contributed by atoms with E-state index in [4.69, 9.17) is 5.11 Å². The minimum absolute atomic E-state index is 0.119. The van der Waals surface area contributed by atoms with Crippen LogP contribution < -0.4 is 5.32 Å². The van der Waals surface area contributed by atoms with Crippen LogP contribution in [0.25, 0.3) is 0 Å². The van der Waals surface area contributed by atoms with Gasteiger partial charge in [0.2, 0.25) is 5.91 Å². The van der Waals surface area contributed by atoms with Crippen LogP contribution in [0, 0.1) is 0 Å². The van der Waals surface area contributed by atoms with E-state index in [1.54, 1.807) is 24.3 Å². The number of carboxylic acid groups (broad SMARTS) is 1. The van der Waals surface area contributed by atoms with Crippen molar-refractivity contribution >= 4 is 21.7 Å². The molecule has 1 aromatic rings. The highest BCUT2D eigenvalue weighted by atomic mass is 32.2. The second kappa shape index (κ2) is 7.59. The molecule has 0 fully saturated rings. The summed E-state index contributed by atoms with van der Waals surface area (Å²) in [5.41, 5.74) is 0.746. The lowest BCUT2D eigenvalue weighted by Gasteiger charge is -2.22. The SMILES string of the molecule is CC(C)(C)S(=O)(=O)CC(=O)NC(CCC(=O)O)c1ccccc1. The average Bonchev–Trinajstić information content (AvgIpc) is 2.42. The molecule has 0 spiro atoms. The van der Waals surface area contributed by atoms with Gasteiger partial charge in [0.05, 0.1) is 10.8 Å².